The number of benzene rings is 1. The van der Waals surface area contributed by atoms with Gasteiger partial charge in [-0.25, -0.2) is 4.39 Å². The Morgan fingerprint density at radius 1 is 1.35 bits per heavy atom. The van der Waals surface area contributed by atoms with Gasteiger partial charge in [-0.15, -0.1) is 0 Å². The first-order chi connectivity index (χ1) is 8.02. The summed E-state index contributed by atoms with van der Waals surface area (Å²) >= 11 is 5.48. The molecule has 92 valence electrons. The molecule has 0 atom stereocenters. The number of anilines is 1. The predicted octanol–water partition coefficient (Wildman–Crippen LogP) is 0.492. The number of carbonyl (C=O) groups excluding carboxylic acids is 2. The van der Waals surface area contributed by atoms with Crippen LogP contribution in [0.1, 0.15) is 0 Å². The molecule has 2 amide bonds. The van der Waals surface area contributed by atoms with E-state index in [2.05, 4.69) is 10.6 Å². The summed E-state index contributed by atoms with van der Waals surface area (Å²) in [5.74, 6) is -1.55. The van der Waals surface area contributed by atoms with Crippen LogP contribution in [0.15, 0.2) is 18.2 Å². The molecule has 0 spiro atoms. The number of hydrogen-bond acceptors (Lipinski definition) is 3. The lowest BCUT2D eigenvalue weighted by atomic mass is 10.3. The van der Waals surface area contributed by atoms with E-state index in [4.69, 9.17) is 17.3 Å². The second kappa shape index (κ2) is 6.17. The summed E-state index contributed by atoms with van der Waals surface area (Å²) in [5.41, 5.74) is 5.30. The van der Waals surface area contributed by atoms with E-state index in [1.54, 1.807) is 0 Å². The molecule has 0 aliphatic heterocycles. The predicted molar refractivity (Wildman–Crippen MR) is 62.1 cm³/mol. The Morgan fingerprint density at radius 3 is 2.65 bits per heavy atom. The number of rotatable bonds is 4. The van der Waals surface area contributed by atoms with Gasteiger partial charge in [0.25, 0.3) is 0 Å². The van der Waals surface area contributed by atoms with Crippen molar-refractivity contribution in [1.82, 2.24) is 5.32 Å². The van der Waals surface area contributed by atoms with Crippen molar-refractivity contribution in [3.8, 4) is 0 Å². The van der Waals surface area contributed by atoms with E-state index >= 15 is 0 Å². The third-order valence-corrected chi connectivity index (χ3v) is 2.14. The third-order valence-electron chi connectivity index (χ3n) is 1.83. The zero-order chi connectivity index (χ0) is 12.8. The summed E-state index contributed by atoms with van der Waals surface area (Å²) in [4.78, 5) is 22.1. The zero-order valence-electron chi connectivity index (χ0n) is 8.80. The first-order valence-corrected chi connectivity index (χ1v) is 5.12. The van der Waals surface area contributed by atoms with Crippen LogP contribution in [0.25, 0.3) is 0 Å². The Labute approximate surface area is 102 Å². The molecule has 1 aromatic rings. The van der Waals surface area contributed by atoms with Gasteiger partial charge < -0.3 is 16.4 Å². The standard InChI is InChI=1S/C10H11ClFN3O2/c11-7-2-1-6(3-8(7)12)15-10(17)5-14-9(16)4-13/h1-3H,4-5,13H2,(H,14,16)(H,15,17). The van der Waals surface area contributed by atoms with Gasteiger partial charge >= 0.3 is 0 Å². The lowest BCUT2D eigenvalue weighted by Crippen LogP contribution is -2.36. The molecule has 17 heavy (non-hydrogen) atoms. The Bertz CT molecular complexity index is 440. The van der Waals surface area contributed by atoms with Crippen LogP contribution >= 0.6 is 11.6 Å². The Kier molecular flexibility index (Phi) is 4.86. The number of carbonyl (C=O) groups is 2. The molecule has 0 bridgehead atoms. The highest BCUT2D eigenvalue weighted by Crippen LogP contribution is 2.18. The maximum absolute atomic E-state index is 13.0. The van der Waals surface area contributed by atoms with Crippen molar-refractivity contribution in [1.29, 1.82) is 0 Å². The molecule has 0 radical (unpaired) electrons. The monoisotopic (exact) mass is 259 g/mol. The molecule has 0 aromatic heterocycles. The SMILES string of the molecule is NCC(=O)NCC(=O)Nc1ccc(Cl)c(F)c1. The van der Waals surface area contributed by atoms with Gasteiger partial charge in [0.05, 0.1) is 18.1 Å². The number of nitrogens with one attached hydrogen (secondary N) is 2. The lowest BCUT2D eigenvalue weighted by molar-refractivity contribution is -0.123. The highest BCUT2D eigenvalue weighted by Gasteiger charge is 2.06. The molecular formula is C10H11ClFN3O2. The molecule has 0 saturated carbocycles. The topological polar surface area (TPSA) is 84.2 Å². The molecule has 1 rings (SSSR count). The fraction of sp³-hybridized carbons (Fsp3) is 0.200. The molecule has 0 aliphatic carbocycles. The van der Waals surface area contributed by atoms with Crippen LogP contribution in [0.3, 0.4) is 0 Å². The molecule has 1 aromatic carbocycles. The average Bonchev–Trinajstić information content (AvgIpc) is 2.31. The number of hydrogen-bond donors (Lipinski definition) is 3. The van der Waals surface area contributed by atoms with Gasteiger partial charge in [-0.3, -0.25) is 9.59 Å². The molecule has 0 fully saturated rings. The van der Waals surface area contributed by atoms with Crippen molar-refractivity contribution < 1.29 is 14.0 Å². The minimum absolute atomic E-state index is 0.0283. The van der Waals surface area contributed by atoms with Crippen LogP contribution in [0, 0.1) is 5.82 Å². The molecule has 7 heteroatoms. The number of nitrogens with two attached hydrogens (primary N) is 1. The van der Waals surface area contributed by atoms with Crippen molar-refractivity contribution in [2.45, 2.75) is 0 Å². The summed E-state index contributed by atoms with van der Waals surface area (Å²) in [6.07, 6.45) is 0. The summed E-state index contributed by atoms with van der Waals surface area (Å²) in [6, 6.07) is 3.87. The van der Waals surface area contributed by atoms with Crippen molar-refractivity contribution in [3.63, 3.8) is 0 Å². The molecule has 5 nitrogen and oxygen atoms in total. The summed E-state index contributed by atoms with van der Waals surface area (Å²) in [7, 11) is 0. The first-order valence-electron chi connectivity index (χ1n) is 4.74. The van der Waals surface area contributed by atoms with Gasteiger partial charge in [0.1, 0.15) is 5.82 Å². The fourth-order valence-corrected chi connectivity index (χ4v) is 1.15. The van der Waals surface area contributed by atoms with Crippen LogP contribution in [-0.4, -0.2) is 24.9 Å². The van der Waals surface area contributed by atoms with Gasteiger partial charge in [0.2, 0.25) is 11.8 Å². The third kappa shape index (κ3) is 4.38. The molecule has 0 heterocycles. The van der Waals surface area contributed by atoms with Gasteiger partial charge in [0.15, 0.2) is 0 Å². The van der Waals surface area contributed by atoms with Gasteiger partial charge in [-0.05, 0) is 18.2 Å². The van der Waals surface area contributed by atoms with Gasteiger partial charge in [-0.2, -0.15) is 0 Å². The second-order valence-electron chi connectivity index (χ2n) is 3.16. The van der Waals surface area contributed by atoms with E-state index in [0.717, 1.165) is 6.07 Å². The Hall–Kier alpha value is -1.66. The van der Waals surface area contributed by atoms with Crippen LogP contribution in [-0.2, 0) is 9.59 Å². The van der Waals surface area contributed by atoms with E-state index in [9.17, 15) is 14.0 Å². The normalized spacial score (nSPS) is 9.82. The first kappa shape index (κ1) is 13.4. The highest BCUT2D eigenvalue weighted by molar-refractivity contribution is 6.30. The van der Waals surface area contributed by atoms with Crippen LogP contribution < -0.4 is 16.4 Å². The van der Waals surface area contributed by atoms with E-state index in [1.165, 1.54) is 12.1 Å². The molecule has 4 N–H and O–H groups in total. The quantitative estimate of drug-likeness (QED) is 0.736. The largest absolute Gasteiger partial charge is 0.346 e. The van der Waals surface area contributed by atoms with Crippen molar-refractivity contribution >= 4 is 29.1 Å². The van der Waals surface area contributed by atoms with E-state index in [-0.39, 0.29) is 23.8 Å². The van der Waals surface area contributed by atoms with Crippen LogP contribution in [0.4, 0.5) is 10.1 Å². The fourth-order valence-electron chi connectivity index (χ4n) is 1.03. The number of amides is 2. The minimum Gasteiger partial charge on any atom is -0.346 e. The lowest BCUT2D eigenvalue weighted by Gasteiger charge is -2.06. The van der Waals surface area contributed by atoms with Gasteiger partial charge in [-0.1, -0.05) is 11.6 Å². The zero-order valence-corrected chi connectivity index (χ0v) is 9.55. The summed E-state index contributed by atoms with van der Waals surface area (Å²) in [5, 5.41) is 4.65. The smallest absolute Gasteiger partial charge is 0.243 e. The molecular weight excluding hydrogens is 249 g/mol. The maximum atomic E-state index is 13.0. The molecule has 0 unspecified atom stereocenters. The Morgan fingerprint density at radius 2 is 2.06 bits per heavy atom. The second-order valence-corrected chi connectivity index (χ2v) is 3.57. The maximum Gasteiger partial charge on any atom is 0.243 e. The van der Waals surface area contributed by atoms with E-state index in [0.29, 0.717) is 0 Å². The molecule has 0 saturated heterocycles. The van der Waals surface area contributed by atoms with E-state index < -0.39 is 17.6 Å². The summed E-state index contributed by atoms with van der Waals surface area (Å²) < 4.78 is 13.0. The van der Waals surface area contributed by atoms with Gasteiger partial charge in [0, 0.05) is 5.69 Å². The number of halogens is 2. The van der Waals surface area contributed by atoms with Crippen LogP contribution in [0.2, 0.25) is 5.02 Å². The van der Waals surface area contributed by atoms with Crippen LogP contribution in [0.5, 0.6) is 0 Å². The summed E-state index contributed by atoms with van der Waals surface area (Å²) in [6.45, 7) is -0.414. The molecule has 0 aliphatic rings. The Balaban J connectivity index is 2.50. The van der Waals surface area contributed by atoms with E-state index in [1.807, 2.05) is 0 Å². The van der Waals surface area contributed by atoms with Crippen molar-refractivity contribution in [2.75, 3.05) is 18.4 Å². The van der Waals surface area contributed by atoms with Crippen molar-refractivity contribution in [3.05, 3.63) is 29.0 Å². The highest BCUT2D eigenvalue weighted by atomic mass is 35.5. The van der Waals surface area contributed by atoms with Crippen molar-refractivity contribution in [2.24, 2.45) is 5.73 Å². The minimum atomic E-state index is -0.629. The average molecular weight is 260 g/mol.